The van der Waals surface area contributed by atoms with Crippen LogP contribution in [-0.4, -0.2) is 14.8 Å². The molecule has 0 N–H and O–H groups in total. The molecule has 0 amide bonds. The van der Waals surface area contributed by atoms with Gasteiger partial charge in [0.25, 0.3) is 0 Å². The van der Waals surface area contributed by atoms with Gasteiger partial charge in [-0.15, -0.1) is 10.2 Å². The van der Waals surface area contributed by atoms with Crippen molar-refractivity contribution in [3.8, 4) is 17.3 Å². The SMILES string of the molecule is Fc1ccc(CSc2nnc(-c3ccco3)n2-c2ccc(Cl)c(Cl)c2)c(F)c1. The molecule has 0 bridgehead atoms. The third kappa shape index (κ3) is 3.78. The number of hydrogen-bond acceptors (Lipinski definition) is 4. The highest BCUT2D eigenvalue weighted by Crippen LogP contribution is 2.33. The molecule has 0 aliphatic rings. The van der Waals surface area contributed by atoms with E-state index in [1.54, 1.807) is 34.9 Å². The van der Waals surface area contributed by atoms with Crippen LogP contribution in [0.3, 0.4) is 0 Å². The summed E-state index contributed by atoms with van der Waals surface area (Å²) in [5.74, 6) is -0.0162. The molecular formula is C19H11Cl2F2N3OS. The summed E-state index contributed by atoms with van der Waals surface area (Å²) in [6, 6.07) is 12.1. The van der Waals surface area contributed by atoms with Crippen LogP contribution in [0.4, 0.5) is 8.78 Å². The van der Waals surface area contributed by atoms with Gasteiger partial charge in [0.15, 0.2) is 10.9 Å². The van der Waals surface area contributed by atoms with E-state index in [-0.39, 0.29) is 5.75 Å². The van der Waals surface area contributed by atoms with E-state index in [4.69, 9.17) is 27.6 Å². The predicted octanol–water partition coefficient (Wildman–Crippen LogP) is 6.40. The minimum Gasteiger partial charge on any atom is -0.461 e. The summed E-state index contributed by atoms with van der Waals surface area (Å²) in [6.45, 7) is 0. The molecule has 9 heteroatoms. The molecule has 0 saturated heterocycles. The van der Waals surface area contributed by atoms with Gasteiger partial charge in [-0.25, -0.2) is 8.78 Å². The molecule has 4 nitrogen and oxygen atoms in total. The molecule has 0 unspecified atom stereocenters. The Hall–Kier alpha value is -2.35. The predicted molar refractivity (Wildman–Crippen MR) is 105 cm³/mol. The van der Waals surface area contributed by atoms with E-state index in [0.29, 0.717) is 38.0 Å². The summed E-state index contributed by atoms with van der Waals surface area (Å²) in [5, 5.41) is 9.70. The molecule has 142 valence electrons. The molecule has 0 aliphatic heterocycles. The van der Waals surface area contributed by atoms with Crippen LogP contribution in [0.1, 0.15) is 5.56 Å². The van der Waals surface area contributed by atoms with Gasteiger partial charge in [-0.05, 0) is 42.0 Å². The average Bonchev–Trinajstić information content (AvgIpc) is 3.32. The van der Waals surface area contributed by atoms with Crippen molar-refractivity contribution in [1.82, 2.24) is 14.8 Å². The zero-order valence-electron chi connectivity index (χ0n) is 14.1. The van der Waals surface area contributed by atoms with Crippen molar-refractivity contribution in [3.05, 3.63) is 82.0 Å². The molecule has 0 aliphatic carbocycles. The van der Waals surface area contributed by atoms with Crippen molar-refractivity contribution in [3.63, 3.8) is 0 Å². The minimum atomic E-state index is -0.620. The van der Waals surface area contributed by atoms with E-state index in [2.05, 4.69) is 10.2 Å². The van der Waals surface area contributed by atoms with Gasteiger partial charge in [-0.3, -0.25) is 4.57 Å². The van der Waals surface area contributed by atoms with Crippen molar-refractivity contribution < 1.29 is 13.2 Å². The fraction of sp³-hybridized carbons (Fsp3) is 0.0526. The number of nitrogens with zero attached hydrogens (tertiary/aromatic N) is 3. The first-order valence-electron chi connectivity index (χ1n) is 8.04. The van der Waals surface area contributed by atoms with E-state index in [9.17, 15) is 8.78 Å². The lowest BCUT2D eigenvalue weighted by molar-refractivity contribution is 0.574. The molecule has 0 spiro atoms. The number of furan rings is 1. The zero-order chi connectivity index (χ0) is 19.7. The van der Waals surface area contributed by atoms with Crippen LogP contribution in [0, 0.1) is 11.6 Å². The van der Waals surface area contributed by atoms with Crippen molar-refractivity contribution in [2.75, 3.05) is 0 Å². The maximum atomic E-state index is 14.0. The third-order valence-corrected chi connectivity index (χ3v) is 5.62. The number of rotatable bonds is 5. The number of halogens is 4. The van der Waals surface area contributed by atoms with Crippen LogP contribution < -0.4 is 0 Å². The highest BCUT2D eigenvalue weighted by atomic mass is 35.5. The molecular weight excluding hydrogens is 427 g/mol. The van der Waals surface area contributed by atoms with Crippen LogP contribution >= 0.6 is 35.0 Å². The molecule has 2 heterocycles. The zero-order valence-corrected chi connectivity index (χ0v) is 16.4. The van der Waals surface area contributed by atoms with Crippen molar-refractivity contribution in [2.45, 2.75) is 10.9 Å². The fourth-order valence-electron chi connectivity index (χ4n) is 2.57. The summed E-state index contributed by atoms with van der Waals surface area (Å²) in [4.78, 5) is 0. The summed E-state index contributed by atoms with van der Waals surface area (Å²) in [7, 11) is 0. The van der Waals surface area contributed by atoms with E-state index < -0.39 is 11.6 Å². The normalized spacial score (nSPS) is 11.1. The lowest BCUT2D eigenvalue weighted by Gasteiger charge is -2.10. The number of hydrogen-bond donors (Lipinski definition) is 0. The Balaban J connectivity index is 1.73. The van der Waals surface area contributed by atoms with Gasteiger partial charge in [-0.2, -0.15) is 0 Å². The summed E-state index contributed by atoms with van der Waals surface area (Å²) in [5.41, 5.74) is 1.03. The van der Waals surface area contributed by atoms with Crippen molar-refractivity contribution in [2.24, 2.45) is 0 Å². The molecule has 0 saturated carbocycles. The Morgan fingerprint density at radius 1 is 1.00 bits per heavy atom. The molecule has 4 aromatic rings. The molecule has 28 heavy (non-hydrogen) atoms. The summed E-state index contributed by atoms with van der Waals surface area (Å²) < 4.78 is 34.3. The highest BCUT2D eigenvalue weighted by Gasteiger charge is 2.19. The van der Waals surface area contributed by atoms with E-state index in [1.165, 1.54) is 30.2 Å². The lowest BCUT2D eigenvalue weighted by Crippen LogP contribution is -2.00. The number of thioether (sulfide) groups is 1. The quantitative estimate of drug-likeness (QED) is 0.338. The topological polar surface area (TPSA) is 43.9 Å². The second kappa shape index (κ2) is 7.95. The molecule has 2 aromatic carbocycles. The van der Waals surface area contributed by atoms with Crippen LogP contribution in [0.2, 0.25) is 10.0 Å². The summed E-state index contributed by atoms with van der Waals surface area (Å²) >= 11 is 13.4. The maximum Gasteiger partial charge on any atom is 0.205 e. The Kier molecular flexibility index (Phi) is 5.39. The largest absolute Gasteiger partial charge is 0.461 e. The van der Waals surface area contributed by atoms with Gasteiger partial charge in [0.2, 0.25) is 5.82 Å². The fourth-order valence-corrected chi connectivity index (χ4v) is 3.80. The smallest absolute Gasteiger partial charge is 0.205 e. The Morgan fingerprint density at radius 2 is 1.86 bits per heavy atom. The first-order chi connectivity index (χ1) is 13.5. The standard InChI is InChI=1S/C19H11Cl2F2N3OS/c20-14-6-5-13(9-15(14)21)26-18(17-2-1-7-27-17)24-25-19(26)28-10-11-3-4-12(22)8-16(11)23/h1-9H,10H2. The monoisotopic (exact) mass is 437 g/mol. The van der Waals surface area contributed by atoms with E-state index in [1.807, 2.05) is 0 Å². The Bertz CT molecular complexity index is 1130. The van der Waals surface area contributed by atoms with Gasteiger partial charge in [0.05, 0.1) is 22.0 Å². The molecule has 0 radical (unpaired) electrons. The van der Waals surface area contributed by atoms with Gasteiger partial charge in [-0.1, -0.05) is 41.0 Å². The van der Waals surface area contributed by atoms with Crippen LogP contribution in [0.25, 0.3) is 17.3 Å². The van der Waals surface area contributed by atoms with Gasteiger partial charge < -0.3 is 4.42 Å². The maximum absolute atomic E-state index is 14.0. The van der Waals surface area contributed by atoms with Crippen molar-refractivity contribution >= 4 is 35.0 Å². The van der Waals surface area contributed by atoms with E-state index >= 15 is 0 Å². The average molecular weight is 438 g/mol. The van der Waals surface area contributed by atoms with Gasteiger partial charge in [0, 0.05) is 11.8 Å². The van der Waals surface area contributed by atoms with Gasteiger partial charge >= 0.3 is 0 Å². The second-order valence-electron chi connectivity index (χ2n) is 5.74. The molecule has 0 fully saturated rings. The molecule has 0 atom stereocenters. The lowest BCUT2D eigenvalue weighted by atomic mass is 10.2. The third-order valence-electron chi connectivity index (χ3n) is 3.91. The first kappa shape index (κ1) is 19.0. The number of aromatic nitrogens is 3. The minimum absolute atomic E-state index is 0.240. The van der Waals surface area contributed by atoms with Crippen LogP contribution in [0.5, 0.6) is 0 Å². The molecule has 4 rings (SSSR count). The Morgan fingerprint density at radius 3 is 2.57 bits per heavy atom. The van der Waals surface area contributed by atoms with Crippen LogP contribution in [-0.2, 0) is 5.75 Å². The highest BCUT2D eigenvalue weighted by molar-refractivity contribution is 7.98. The van der Waals surface area contributed by atoms with Gasteiger partial charge in [0.1, 0.15) is 11.6 Å². The van der Waals surface area contributed by atoms with E-state index in [0.717, 1.165) is 6.07 Å². The summed E-state index contributed by atoms with van der Waals surface area (Å²) in [6.07, 6.45) is 1.53. The van der Waals surface area contributed by atoms with Crippen molar-refractivity contribution in [1.29, 1.82) is 0 Å². The molecule has 2 aromatic heterocycles. The number of benzene rings is 2. The Labute approximate surface area is 173 Å². The second-order valence-corrected chi connectivity index (χ2v) is 7.50. The van der Waals surface area contributed by atoms with Crippen LogP contribution in [0.15, 0.2) is 64.4 Å². The first-order valence-corrected chi connectivity index (χ1v) is 9.78.